The lowest BCUT2D eigenvalue weighted by molar-refractivity contribution is -0.124. The lowest BCUT2D eigenvalue weighted by Gasteiger charge is -2.35. The van der Waals surface area contributed by atoms with Gasteiger partial charge in [0.2, 0.25) is 5.91 Å². The molecule has 6 atom stereocenters. The number of hydrogen-bond donors (Lipinski definition) is 3. The van der Waals surface area contributed by atoms with Crippen LogP contribution in [0.5, 0.6) is 0 Å². The average Bonchev–Trinajstić information content (AvgIpc) is 3.09. The molecule has 1 amide bonds. The fourth-order valence-electron chi connectivity index (χ4n) is 4.43. The fourth-order valence-corrected chi connectivity index (χ4v) is 4.43. The molecule has 6 unspecified atom stereocenters. The Bertz CT molecular complexity index is 445. The average molecular weight is 358 g/mol. The number of hydrogen-bond acceptors (Lipinski definition) is 4. The summed E-state index contributed by atoms with van der Waals surface area (Å²) in [4.78, 5) is 12.3. The van der Waals surface area contributed by atoms with Gasteiger partial charge in [-0.15, -0.1) is 0 Å². The van der Waals surface area contributed by atoms with Crippen LogP contribution in [0.2, 0.25) is 0 Å². The number of amides is 1. The van der Waals surface area contributed by atoms with Gasteiger partial charge < -0.3 is 5.32 Å². The molecule has 2 heterocycles. The lowest BCUT2D eigenvalue weighted by Crippen LogP contribution is -2.54. The van der Waals surface area contributed by atoms with Crippen molar-refractivity contribution in [2.45, 2.75) is 76.4 Å². The summed E-state index contributed by atoms with van der Waals surface area (Å²) in [6.45, 7) is 4.72. The predicted molar refractivity (Wildman–Crippen MR) is 93.2 cm³/mol. The van der Waals surface area contributed by atoms with Crippen molar-refractivity contribution in [2.24, 2.45) is 11.8 Å². The zero-order valence-electron chi connectivity index (χ0n) is 15.1. The first-order valence-corrected chi connectivity index (χ1v) is 9.88. The van der Waals surface area contributed by atoms with E-state index in [2.05, 4.69) is 28.0 Å². The van der Waals surface area contributed by atoms with Crippen LogP contribution in [0.1, 0.15) is 51.9 Å². The molecule has 7 heteroatoms. The number of carbonyl (C=O) groups excluding carboxylic acids is 1. The van der Waals surface area contributed by atoms with Crippen LogP contribution in [0.15, 0.2) is 0 Å². The molecular formula is C18H32F2N4O. The maximum Gasteiger partial charge on any atom is 0.239 e. The summed E-state index contributed by atoms with van der Waals surface area (Å²) in [6, 6.07) is -0.128. The topological polar surface area (TPSA) is 56.4 Å². The molecule has 0 aromatic rings. The van der Waals surface area contributed by atoms with Gasteiger partial charge in [0.25, 0.3) is 0 Å². The van der Waals surface area contributed by atoms with Crippen LogP contribution < -0.4 is 16.1 Å². The SMILES string of the molecule is CCN1CCC(C(=O)NC2CCC(CC3CCC(F)C(F)C3)CN2)N1. The molecule has 25 heavy (non-hydrogen) atoms. The van der Waals surface area contributed by atoms with Gasteiger partial charge in [0.15, 0.2) is 0 Å². The van der Waals surface area contributed by atoms with Gasteiger partial charge in [0.1, 0.15) is 18.4 Å². The fraction of sp³-hybridized carbons (Fsp3) is 0.944. The molecule has 0 radical (unpaired) electrons. The smallest absolute Gasteiger partial charge is 0.239 e. The second kappa shape index (κ2) is 8.73. The number of hydrazine groups is 1. The largest absolute Gasteiger partial charge is 0.339 e. The molecule has 2 saturated heterocycles. The first kappa shape index (κ1) is 19.0. The molecule has 0 aromatic carbocycles. The van der Waals surface area contributed by atoms with Crippen molar-refractivity contribution >= 4 is 5.91 Å². The quantitative estimate of drug-likeness (QED) is 0.703. The molecule has 1 saturated carbocycles. The molecule has 0 bridgehead atoms. The zero-order valence-corrected chi connectivity index (χ0v) is 15.1. The minimum Gasteiger partial charge on any atom is -0.339 e. The van der Waals surface area contributed by atoms with Gasteiger partial charge in [0.05, 0.1) is 6.17 Å². The molecule has 3 aliphatic rings. The first-order chi connectivity index (χ1) is 12.0. The number of rotatable bonds is 5. The highest BCUT2D eigenvalue weighted by molar-refractivity contribution is 5.82. The summed E-state index contributed by atoms with van der Waals surface area (Å²) in [5.41, 5.74) is 3.23. The van der Waals surface area contributed by atoms with Crippen molar-refractivity contribution in [3.05, 3.63) is 0 Å². The normalized spacial score (nSPS) is 40.1. The van der Waals surface area contributed by atoms with E-state index in [4.69, 9.17) is 0 Å². The minimum absolute atomic E-state index is 0.0247. The van der Waals surface area contributed by atoms with Gasteiger partial charge in [0, 0.05) is 13.1 Å². The van der Waals surface area contributed by atoms with Crippen molar-refractivity contribution in [2.75, 3.05) is 19.6 Å². The van der Waals surface area contributed by atoms with E-state index in [9.17, 15) is 13.6 Å². The Morgan fingerprint density at radius 1 is 1.12 bits per heavy atom. The third kappa shape index (κ3) is 5.11. The van der Waals surface area contributed by atoms with E-state index < -0.39 is 12.3 Å². The minimum atomic E-state index is -1.27. The van der Waals surface area contributed by atoms with Crippen LogP contribution in [0.3, 0.4) is 0 Å². The highest BCUT2D eigenvalue weighted by atomic mass is 19.2. The maximum absolute atomic E-state index is 13.5. The first-order valence-electron chi connectivity index (χ1n) is 9.88. The van der Waals surface area contributed by atoms with Crippen molar-refractivity contribution in [3.8, 4) is 0 Å². The number of carbonyl (C=O) groups is 1. The van der Waals surface area contributed by atoms with Gasteiger partial charge in [-0.25, -0.2) is 19.2 Å². The van der Waals surface area contributed by atoms with Gasteiger partial charge in [-0.05, 0) is 63.3 Å². The predicted octanol–water partition coefficient (Wildman–Crippen LogP) is 1.89. The van der Waals surface area contributed by atoms with Gasteiger partial charge in [-0.2, -0.15) is 0 Å². The van der Waals surface area contributed by atoms with Crippen LogP contribution in [-0.4, -0.2) is 55.1 Å². The third-order valence-electron chi connectivity index (χ3n) is 6.03. The molecule has 3 N–H and O–H groups in total. The van der Waals surface area contributed by atoms with E-state index in [1.807, 2.05) is 0 Å². The Morgan fingerprint density at radius 3 is 2.56 bits per heavy atom. The highest BCUT2D eigenvalue weighted by Gasteiger charge is 2.33. The molecule has 0 spiro atoms. The lowest BCUT2D eigenvalue weighted by atomic mass is 9.79. The Morgan fingerprint density at radius 2 is 1.92 bits per heavy atom. The number of nitrogens with zero attached hydrogens (tertiary/aromatic N) is 1. The van der Waals surface area contributed by atoms with Crippen molar-refractivity contribution in [3.63, 3.8) is 0 Å². The van der Waals surface area contributed by atoms with Crippen molar-refractivity contribution < 1.29 is 13.6 Å². The summed E-state index contributed by atoms with van der Waals surface area (Å²) in [6.07, 6.45) is 2.79. The van der Waals surface area contributed by atoms with E-state index in [0.717, 1.165) is 51.7 Å². The highest BCUT2D eigenvalue weighted by Crippen LogP contribution is 2.34. The van der Waals surface area contributed by atoms with E-state index in [-0.39, 0.29) is 18.1 Å². The Labute approximate surface area is 149 Å². The number of halogens is 2. The summed E-state index contributed by atoms with van der Waals surface area (Å²) in [5, 5.41) is 8.58. The molecule has 0 aromatic heterocycles. The van der Waals surface area contributed by atoms with Gasteiger partial charge >= 0.3 is 0 Å². The molecule has 1 aliphatic carbocycles. The second-order valence-electron chi connectivity index (χ2n) is 7.91. The molecule has 3 rings (SSSR count). The van der Waals surface area contributed by atoms with E-state index in [1.54, 1.807) is 0 Å². The van der Waals surface area contributed by atoms with Crippen LogP contribution in [0.4, 0.5) is 8.78 Å². The Balaban J connectivity index is 1.35. The molecule has 5 nitrogen and oxygen atoms in total. The van der Waals surface area contributed by atoms with Gasteiger partial charge in [-0.3, -0.25) is 10.1 Å². The number of piperidine rings is 1. The number of nitrogens with one attached hydrogen (secondary N) is 3. The monoisotopic (exact) mass is 358 g/mol. The third-order valence-corrected chi connectivity index (χ3v) is 6.03. The molecule has 144 valence electrons. The van der Waals surface area contributed by atoms with E-state index in [0.29, 0.717) is 24.7 Å². The van der Waals surface area contributed by atoms with Crippen LogP contribution in [-0.2, 0) is 4.79 Å². The summed E-state index contributed by atoms with van der Waals surface area (Å²) in [5.74, 6) is 0.873. The van der Waals surface area contributed by atoms with Crippen molar-refractivity contribution in [1.82, 2.24) is 21.1 Å². The van der Waals surface area contributed by atoms with Crippen molar-refractivity contribution in [1.29, 1.82) is 0 Å². The van der Waals surface area contributed by atoms with Gasteiger partial charge in [-0.1, -0.05) is 6.92 Å². The Hall–Kier alpha value is -0.790. The van der Waals surface area contributed by atoms with Crippen LogP contribution in [0.25, 0.3) is 0 Å². The number of alkyl halides is 2. The van der Waals surface area contributed by atoms with Crippen LogP contribution >= 0.6 is 0 Å². The molecular weight excluding hydrogens is 326 g/mol. The van der Waals surface area contributed by atoms with E-state index >= 15 is 0 Å². The maximum atomic E-state index is 13.5. The van der Waals surface area contributed by atoms with Crippen LogP contribution in [0, 0.1) is 11.8 Å². The standard InChI is InChI=1S/C18H32F2N4O/c1-2-24-8-7-16(23-24)18(25)22-17-6-4-13(11-21-17)9-12-3-5-14(19)15(20)10-12/h12-17,21,23H,2-11H2,1H3,(H,22,25). The summed E-state index contributed by atoms with van der Waals surface area (Å²) >= 11 is 0. The Kier molecular flexibility index (Phi) is 6.63. The molecule has 2 aliphatic heterocycles. The summed E-state index contributed by atoms with van der Waals surface area (Å²) in [7, 11) is 0. The molecule has 3 fully saturated rings. The van der Waals surface area contributed by atoms with E-state index in [1.165, 1.54) is 0 Å². The summed E-state index contributed by atoms with van der Waals surface area (Å²) < 4.78 is 26.8. The second-order valence-corrected chi connectivity index (χ2v) is 7.91. The zero-order chi connectivity index (χ0) is 17.8.